The Hall–Kier alpha value is -2.97. The van der Waals surface area contributed by atoms with E-state index in [0.29, 0.717) is 43.1 Å². The normalized spacial score (nSPS) is 22.1. The zero-order valence-electron chi connectivity index (χ0n) is 15.3. The van der Waals surface area contributed by atoms with Crippen molar-refractivity contribution in [1.29, 1.82) is 0 Å². The number of aliphatic carboxylic acids is 1. The van der Waals surface area contributed by atoms with Crippen LogP contribution < -0.4 is 19.7 Å². The Morgan fingerprint density at radius 1 is 1.11 bits per heavy atom. The largest absolute Gasteiger partial charge is 0.497 e. The molecule has 2 aliphatic rings. The molecule has 2 atom stereocenters. The van der Waals surface area contributed by atoms with Gasteiger partial charge in [-0.2, -0.15) is 0 Å². The average Bonchev–Trinajstić information content (AvgIpc) is 3.29. The van der Waals surface area contributed by atoms with Crippen LogP contribution in [0.2, 0.25) is 0 Å². The fraction of sp³-hybridized carbons (Fsp3) is 0.500. The van der Waals surface area contributed by atoms with Gasteiger partial charge >= 0.3 is 12.0 Å². The number of urea groups is 1. The van der Waals surface area contributed by atoms with Crippen LogP contribution in [0.15, 0.2) is 18.2 Å². The van der Waals surface area contributed by atoms with Crippen molar-refractivity contribution in [2.75, 3.05) is 38.8 Å². The summed E-state index contributed by atoms with van der Waals surface area (Å²) in [5.74, 6) is -0.522. The maximum Gasteiger partial charge on any atom is 0.318 e. The molecule has 3 rings (SSSR count). The number of nitrogens with one attached hydrogen (secondary N) is 1. The highest BCUT2D eigenvalue weighted by atomic mass is 16.5. The minimum atomic E-state index is -0.902. The number of methoxy groups -OCH3 is 2. The highest BCUT2D eigenvalue weighted by Gasteiger charge is 2.37. The molecule has 27 heavy (non-hydrogen) atoms. The van der Waals surface area contributed by atoms with Crippen LogP contribution in [0, 0.1) is 5.92 Å². The predicted octanol–water partition coefficient (Wildman–Crippen LogP) is 0.925. The number of benzene rings is 1. The first-order chi connectivity index (χ1) is 12.9. The van der Waals surface area contributed by atoms with Gasteiger partial charge in [0.2, 0.25) is 5.91 Å². The molecule has 3 amide bonds. The Bertz CT molecular complexity index is 730. The predicted molar refractivity (Wildman–Crippen MR) is 96.2 cm³/mol. The van der Waals surface area contributed by atoms with Gasteiger partial charge in [0.15, 0.2) is 0 Å². The van der Waals surface area contributed by atoms with E-state index in [2.05, 4.69) is 5.32 Å². The van der Waals surface area contributed by atoms with Crippen LogP contribution >= 0.6 is 0 Å². The van der Waals surface area contributed by atoms with Crippen molar-refractivity contribution in [2.24, 2.45) is 5.92 Å². The molecule has 2 aliphatic heterocycles. The molecule has 146 valence electrons. The topological polar surface area (TPSA) is 108 Å². The van der Waals surface area contributed by atoms with E-state index in [9.17, 15) is 14.4 Å². The Morgan fingerprint density at radius 2 is 1.78 bits per heavy atom. The van der Waals surface area contributed by atoms with Crippen molar-refractivity contribution >= 4 is 23.6 Å². The highest BCUT2D eigenvalue weighted by Crippen LogP contribution is 2.31. The van der Waals surface area contributed by atoms with E-state index in [1.165, 1.54) is 19.1 Å². The first kappa shape index (κ1) is 18.8. The maximum absolute atomic E-state index is 12.7. The molecule has 1 aromatic rings. The van der Waals surface area contributed by atoms with Gasteiger partial charge in [0.05, 0.1) is 25.8 Å². The van der Waals surface area contributed by atoms with Crippen LogP contribution in [0.1, 0.15) is 12.8 Å². The third-order valence-corrected chi connectivity index (χ3v) is 4.98. The van der Waals surface area contributed by atoms with Gasteiger partial charge in [-0.05, 0) is 12.8 Å². The SMILES string of the molecule is COc1cc(OC)cc(N2CCC(NC(=O)N3CCC(C(=O)O)C3)C2=O)c1. The van der Waals surface area contributed by atoms with Crippen LogP contribution in [-0.4, -0.2) is 67.8 Å². The highest BCUT2D eigenvalue weighted by molar-refractivity contribution is 6.01. The zero-order chi connectivity index (χ0) is 19.6. The molecule has 0 radical (unpaired) electrons. The summed E-state index contributed by atoms with van der Waals surface area (Å²) >= 11 is 0. The van der Waals surface area contributed by atoms with E-state index in [0.717, 1.165) is 0 Å². The minimum absolute atomic E-state index is 0.166. The third-order valence-electron chi connectivity index (χ3n) is 4.98. The molecular formula is C18H23N3O6. The second-order valence-corrected chi connectivity index (χ2v) is 6.62. The van der Waals surface area contributed by atoms with Crippen molar-refractivity contribution in [2.45, 2.75) is 18.9 Å². The number of anilines is 1. The number of carboxylic acid groups (broad SMARTS) is 1. The monoisotopic (exact) mass is 377 g/mol. The molecule has 2 N–H and O–H groups in total. The fourth-order valence-electron chi connectivity index (χ4n) is 3.41. The summed E-state index contributed by atoms with van der Waals surface area (Å²) in [7, 11) is 3.07. The van der Waals surface area contributed by atoms with Crippen molar-refractivity contribution < 1.29 is 29.0 Å². The van der Waals surface area contributed by atoms with Gasteiger partial charge in [0.25, 0.3) is 0 Å². The molecular weight excluding hydrogens is 354 g/mol. The molecule has 9 nitrogen and oxygen atoms in total. The quantitative estimate of drug-likeness (QED) is 0.790. The Labute approximate surface area is 156 Å². The van der Waals surface area contributed by atoms with E-state index >= 15 is 0 Å². The molecule has 0 saturated carbocycles. The first-order valence-electron chi connectivity index (χ1n) is 8.75. The number of likely N-dealkylation sites (tertiary alicyclic amines) is 1. The molecule has 0 aromatic heterocycles. The standard InChI is InChI=1S/C18H23N3O6/c1-26-13-7-12(8-14(9-13)27-2)21-6-4-15(16(21)22)19-18(25)20-5-3-11(10-20)17(23)24/h7-9,11,15H,3-6,10H2,1-2H3,(H,19,25)(H,23,24). The van der Waals surface area contributed by atoms with Crippen molar-refractivity contribution in [3.8, 4) is 11.5 Å². The van der Waals surface area contributed by atoms with Crippen LogP contribution in [0.3, 0.4) is 0 Å². The second kappa shape index (κ2) is 7.73. The number of carbonyl (C=O) groups excluding carboxylic acids is 2. The van der Waals surface area contributed by atoms with E-state index in [4.69, 9.17) is 14.6 Å². The summed E-state index contributed by atoms with van der Waals surface area (Å²) in [6.45, 7) is 0.997. The van der Waals surface area contributed by atoms with Gasteiger partial charge in [-0.3, -0.25) is 9.59 Å². The zero-order valence-corrected chi connectivity index (χ0v) is 15.3. The summed E-state index contributed by atoms with van der Waals surface area (Å²) in [5, 5.41) is 11.8. The third kappa shape index (κ3) is 3.91. The van der Waals surface area contributed by atoms with Crippen LogP contribution in [0.5, 0.6) is 11.5 Å². The van der Waals surface area contributed by atoms with E-state index < -0.39 is 24.0 Å². The number of rotatable bonds is 5. The minimum Gasteiger partial charge on any atom is -0.497 e. The number of nitrogens with zero attached hydrogens (tertiary/aromatic N) is 2. The number of carbonyl (C=O) groups is 3. The lowest BCUT2D eigenvalue weighted by Gasteiger charge is -2.21. The average molecular weight is 377 g/mol. The molecule has 2 unspecified atom stereocenters. The molecule has 0 spiro atoms. The van der Waals surface area contributed by atoms with Gasteiger partial charge in [-0.1, -0.05) is 0 Å². The van der Waals surface area contributed by atoms with Gasteiger partial charge in [-0.25, -0.2) is 4.79 Å². The number of ether oxygens (including phenoxy) is 2. The van der Waals surface area contributed by atoms with Crippen molar-refractivity contribution in [1.82, 2.24) is 10.2 Å². The second-order valence-electron chi connectivity index (χ2n) is 6.62. The molecule has 2 saturated heterocycles. The summed E-state index contributed by atoms with van der Waals surface area (Å²) in [5.41, 5.74) is 0.639. The molecule has 0 bridgehead atoms. The molecule has 9 heteroatoms. The lowest BCUT2D eigenvalue weighted by Crippen LogP contribution is -2.47. The van der Waals surface area contributed by atoms with E-state index in [1.54, 1.807) is 23.1 Å². The van der Waals surface area contributed by atoms with Crippen molar-refractivity contribution in [3.05, 3.63) is 18.2 Å². The molecule has 2 heterocycles. The Balaban J connectivity index is 1.65. The number of carboxylic acids is 1. The lowest BCUT2D eigenvalue weighted by atomic mass is 10.1. The summed E-state index contributed by atoms with van der Waals surface area (Å²) < 4.78 is 10.5. The van der Waals surface area contributed by atoms with Gasteiger partial charge in [0, 0.05) is 37.8 Å². The smallest absolute Gasteiger partial charge is 0.318 e. The van der Waals surface area contributed by atoms with Crippen molar-refractivity contribution in [3.63, 3.8) is 0 Å². The first-order valence-corrected chi connectivity index (χ1v) is 8.75. The number of hydrogen-bond donors (Lipinski definition) is 2. The molecule has 1 aromatic carbocycles. The van der Waals surface area contributed by atoms with E-state index in [1.807, 2.05) is 0 Å². The maximum atomic E-state index is 12.7. The van der Waals surface area contributed by atoms with Crippen LogP contribution in [-0.2, 0) is 9.59 Å². The van der Waals surface area contributed by atoms with Gasteiger partial charge in [-0.15, -0.1) is 0 Å². The Morgan fingerprint density at radius 3 is 2.33 bits per heavy atom. The lowest BCUT2D eigenvalue weighted by molar-refractivity contribution is -0.141. The van der Waals surface area contributed by atoms with Crippen LogP contribution in [0.25, 0.3) is 0 Å². The molecule has 0 aliphatic carbocycles. The van der Waals surface area contributed by atoms with Gasteiger partial charge < -0.3 is 29.7 Å². The van der Waals surface area contributed by atoms with Gasteiger partial charge in [0.1, 0.15) is 17.5 Å². The van der Waals surface area contributed by atoms with E-state index in [-0.39, 0.29) is 12.5 Å². The summed E-state index contributed by atoms with van der Waals surface area (Å²) in [4.78, 5) is 39.2. The summed E-state index contributed by atoms with van der Waals surface area (Å²) in [6, 6.07) is 4.15. The summed E-state index contributed by atoms with van der Waals surface area (Å²) in [6.07, 6.45) is 0.900. The molecule has 2 fully saturated rings. The fourth-order valence-corrected chi connectivity index (χ4v) is 3.41. The van der Waals surface area contributed by atoms with Crippen LogP contribution in [0.4, 0.5) is 10.5 Å². The Kier molecular flexibility index (Phi) is 5.38. The number of hydrogen-bond acceptors (Lipinski definition) is 5. The number of amides is 3.